The van der Waals surface area contributed by atoms with Gasteiger partial charge in [-0.05, 0) is 83.7 Å². The van der Waals surface area contributed by atoms with Crippen LogP contribution in [0.15, 0.2) is 103 Å². The molecule has 17 nitrogen and oxygen atoms in total. The molecule has 390 valence electrons. The van der Waals surface area contributed by atoms with E-state index in [1.807, 2.05) is 129 Å². The summed E-state index contributed by atoms with van der Waals surface area (Å²) in [5.41, 5.74) is 6.91. The molecule has 2 amide bonds. The molecule has 0 unspecified atom stereocenters. The molecule has 1 aromatic heterocycles. The second-order valence-electron chi connectivity index (χ2n) is 17.7. The van der Waals surface area contributed by atoms with E-state index in [0.29, 0.717) is 44.8 Å². The maximum Gasteiger partial charge on any atom is 0.326 e. The van der Waals surface area contributed by atoms with Crippen molar-refractivity contribution in [1.82, 2.24) is 35.7 Å². The SMILES string of the molecule is CCCCC(=O)N(Cc1ccc(-c2ccccc2-c2nn[nH]n2)cc1)[C@H](C(=O)O)C(C)C.CCCN(CCO)CCO.CCOC(=O)[C@H](C)C[C@@H](Cc1ccc(-c2ccccc2)cc1)NC(=O)CCC(=O)O. The summed E-state index contributed by atoms with van der Waals surface area (Å²) in [6.45, 7) is 14.5. The van der Waals surface area contributed by atoms with Gasteiger partial charge in [0.1, 0.15) is 6.04 Å². The molecule has 1 heterocycles. The van der Waals surface area contributed by atoms with Gasteiger partial charge < -0.3 is 35.4 Å². The average Bonchev–Trinajstić information content (AvgIpc) is 3.91. The molecule has 6 N–H and O–H groups in total. The summed E-state index contributed by atoms with van der Waals surface area (Å²) in [6, 6.07) is 32.5. The van der Waals surface area contributed by atoms with Crippen molar-refractivity contribution >= 4 is 29.7 Å². The van der Waals surface area contributed by atoms with Gasteiger partial charge in [0.15, 0.2) is 0 Å². The minimum Gasteiger partial charge on any atom is -0.481 e. The molecule has 5 rings (SSSR count). The van der Waals surface area contributed by atoms with Crippen molar-refractivity contribution in [2.45, 2.75) is 112 Å². The van der Waals surface area contributed by atoms with Crippen LogP contribution < -0.4 is 5.32 Å². The lowest BCUT2D eigenvalue weighted by Crippen LogP contribution is -2.47. The molecule has 0 fully saturated rings. The minimum atomic E-state index is -1.02. The van der Waals surface area contributed by atoms with Crippen molar-refractivity contribution in [3.05, 3.63) is 114 Å². The predicted molar refractivity (Wildman–Crippen MR) is 277 cm³/mol. The highest BCUT2D eigenvalue weighted by atomic mass is 16.5. The predicted octanol–water partition coefficient (Wildman–Crippen LogP) is 7.68. The Bertz CT molecular complexity index is 2330. The lowest BCUT2D eigenvalue weighted by atomic mass is 9.94. The Morgan fingerprint density at radius 1 is 0.694 bits per heavy atom. The van der Waals surface area contributed by atoms with Crippen molar-refractivity contribution in [3.8, 4) is 33.6 Å². The summed E-state index contributed by atoms with van der Waals surface area (Å²) in [4.78, 5) is 63.3. The molecule has 0 spiro atoms. The van der Waals surface area contributed by atoms with Crippen LogP contribution in [0.2, 0.25) is 0 Å². The maximum absolute atomic E-state index is 12.9. The number of hydrogen-bond acceptors (Lipinski definition) is 12. The third-order valence-corrected chi connectivity index (χ3v) is 11.6. The molecule has 0 aliphatic heterocycles. The number of carbonyl (C=O) groups is 5. The fourth-order valence-electron chi connectivity index (χ4n) is 7.99. The number of nitrogens with zero attached hydrogens (tertiary/aromatic N) is 5. The van der Waals surface area contributed by atoms with E-state index in [0.717, 1.165) is 64.8 Å². The molecular weight excluding hydrogens is 919 g/mol. The van der Waals surface area contributed by atoms with E-state index < -0.39 is 18.0 Å². The first-order valence-corrected chi connectivity index (χ1v) is 24.9. The van der Waals surface area contributed by atoms with Gasteiger partial charge in [0.2, 0.25) is 17.6 Å². The first-order chi connectivity index (χ1) is 34.6. The molecule has 0 saturated carbocycles. The number of aromatic nitrogens is 4. The Kier molecular flexibility index (Phi) is 27.2. The summed E-state index contributed by atoms with van der Waals surface area (Å²) < 4.78 is 5.07. The first kappa shape index (κ1) is 59.5. The standard InChI is InChI=1S/C24H29N5O3.C24H29NO5.C7H17NO2/c1-4-5-10-21(30)29(22(16(2)3)24(31)32)15-17-11-13-18(14-12-17)19-8-6-7-9-20(19)23-25-27-28-26-23;1-3-30-24(29)17(2)15-21(25-22(26)13-14-23(27)28)16-18-9-11-20(12-10-18)19-7-5-4-6-8-19;1-2-3-8(4-6-9)5-7-10/h6-9,11-14,16,22H,4-5,10,15H2,1-3H3,(H,31,32)(H,25,26,27,28);4-12,17,21H,3,13-16H2,1-2H3,(H,25,26)(H,27,28);9-10H,2-7H2,1H3/t22-;17-,21+;/m01./s1. The van der Waals surface area contributed by atoms with Gasteiger partial charge in [0, 0.05) is 44.1 Å². The Morgan fingerprint density at radius 2 is 1.29 bits per heavy atom. The van der Waals surface area contributed by atoms with Gasteiger partial charge in [-0.2, -0.15) is 5.21 Å². The van der Waals surface area contributed by atoms with Crippen LogP contribution in [-0.2, 0) is 41.7 Å². The molecular formula is C55H75N7O10. The zero-order valence-corrected chi connectivity index (χ0v) is 42.7. The van der Waals surface area contributed by atoms with E-state index in [9.17, 15) is 29.1 Å². The number of esters is 1. The van der Waals surface area contributed by atoms with Crippen molar-refractivity contribution in [2.24, 2.45) is 11.8 Å². The number of rotatable bonds is 27. The van der Waals surface area contributed by atoms with Crippen molar-refractivity contribution in [3.63, 3.8) is 0 Å². The zero-order chi connectivity index (χ0) is 52.8. The number of aliphatic hydroxyl groups is 2. The van der Waals surface area contributed by atoms with Crippen LogP contribution in [0.3, 0.4) is 0 Å². The number of nitrogens with one attached hydrogen (secondary N) is 2. The summed E-state index contributed by atoms with van der Waals surface area (Å²) in [7, 11) is 0. The topological polar surface area (TPSA) is 248 Å². The third kappa shape index (κ3) is 20.9. The number of carboxylic acids is 2. The number of aliphatic carboxylic acids is 2. The van der Waals surface area contributed by atoms with E-state index in [2.05, 4.69) is 32.9 Å². The second kappa shape index (κ2) is 32.9. The van der Waals surface area contributed by atoms with Crippen LogP contribution in [0.1, 0.15) is 97.6 Å². The van der Waals surface area contributed by atoms with Gasteiger partial charge in [-0.1, -0.05) is 144 Å². The van der Waals surface area contributed by atoms with E-state index in [4.69, 9.17) is 20.1 Å². The van der Waals surface area contributed by atoms with Gasteiger partial charge in [0.25, 0.3) is 0 Å². The van der Waals surface area contributed by atoms with Crippen LogP contribution >= 0.6 is 0 Å². The fourth-order valence-corrected chi connectivity index (χ4v) is 7.99. The smallest absolute Gasteiger partial charge is 0.326 e. The highest BCUT2D eigenvalue weighted by Gasteiger charge is 2.32. The number of tetrazole rings is 1. The lowest BCUT2D eigenvalue weighted by molar-refractivity contribution is -0.153. The van der Waals surface area contributed by atoms with E-state index in [1.54, 1.807) is 13.8 Å². The highest BCUT2D eigenvalue weighted by molar-refractivity contribution is 5.84. The number of aromatic amines is 1. The molecule has 4 aromatic carbocycles. The molecule has 5 aromatic rings. The second-order valence-corrected chi connectivity index (χ2v) is 17.7. The fraction of sp³-hybridized carbons (Fsp3) is 0.455. The number of aliphatic hydroxyl groups excluding tert-OH is 2. The number of H-pyrrole nitrogens is 1. The summed E-state index contributed by atoms with van der Waals surface area (Å²) in [5, 5.41) is 52.8. The first-order valence-electron chi connectivity index (χ1n) is 24.9. The molecule has 0 saturated heterocycles. The number of carbonyl (C=O) groups excluding carboxylic acids is 3. The van der Waals surface area contributed by atoms with Crippen molar-refractivity contribution in [2.75, 3.05) is 39.5 Å². The normalized spacial score (nSPS) is 12.1. The monoisotopic (exact) mass is 994 g/mol. The Labute approximate surface area is 424 Å². The van der Waals surface area contributed by atoms with Gasteiger partial charge in [-0.3, -0.25) is 24.1 Å². The van der Waals surface area contributed by atoms with Crippen molar-refractivity contribution in [1.29, 1.82) is 0 Å². The Balaban J connectivity index is 0.000000321. The van der Waals surface area contributed by atoms with Gasteiger partial charge >= 0.3 is 17.9 Å². The molecule has 0 aliphatic rings. The summed E-state index contributed by atoms with van der Waals surface area (Å²) >= 11 is 0. The van der Waals surface area contributed by atoms with Crippen LogP contribution in [0.25, 0.3) is 33.6 Å². The van der Waals surface area contributed by atoms with E-state index in [1.165, 1.54) is 4.90 Å². The highest BCUT2D eigenvalue weighted by Crippen LogP contribution is 2.30. The molecule has 3 atom stereocenters. The quantitative estimate of drug-likeness (QED) is 0.0276. The average molecular weight is 994 g/mol. The summed E-state index contributed by atoms with van der Waals surface area (Å²) in [6.07, 6.45) is 3.68. The van der Waals surface area contributed by atoms with Gasteiger partial charge in [-0.25, -0.2) is 4.79 Å². The molecule has 0 aliphatic carbocycles. The van der Waals surface area contributed by atoms with Crippen LogP contribution in [0.4, 0.5) is 0 Å². The minimum absolute atomic E-state index is 0.0907. The number of ether oxygens (including phenoxy) is 1. The summed E-state index contributed by atoms with van der Waals surface area (Å²) in [5.74, 6) is -2.81. The molecule has 72 heavy (non-hydrogen) atoms. The Morgan fingerprint density at radius 3 is 1.83 bits per heavy atom. The molecule has 0 radical (unpaired) electrons. The number of unbranched alkanes of at least 4 members (excludes halogenated alkanes) is 1. The van der Waals surface area contributed by atoms with E-state index >= 15 is 0 Å². The van der Waals surface area contributed by atoms with Gasteiger partial charge in [0.05, 0.1) is 32.2 Å². The van der Waals surface area contributed by atoms with Crippen LogP contribution in [0.5, 0.6) is 0 Å². The Hall–Kier alpha value is -6.82. The number of benzene rings is 4. The zero-order valence-electron chi connectivity index (χ0n) is 42.7. The van der Waals surface area contributed by atoms with Gasteiger partial charge in [-0.15, -0.1) is 10.2 Å². The van der Waals surface area contributed by atoms with E-state index in [-0.39, 0.29) is 68.3 Å². The molecule has 17 heteroatoms. The molecule has 0 bridgehead atoms. The largest absolute Gasteiger partial charge is 0.481 e. The maximum atomic E-state index is 12.9. The number of hydrogen-bond donors (Lipinski definition) is 6. The van der Waals surface area contributed by atoms with Crippen molar-refractivity contribution < 1.29 is 49.1 Å². The third-order valence-electron chi connectivity index (χ3n) is 11.6. The number of carboxylic acid groups (broad SMARTS) is 2. The number of amides is 2. The van der Waals surface area contributed by atoms with Crippen LogP contribution in [-0.4, -0.2) is 132 Å². The lowest BCUT2D eigenvalue weighted by Gasteiger charge is -2.32. The van der Waals surface area contributed by atoms with Crippen LogP contribution in [0, 0.1) is 11.8 Å².